The quantitative estimate of drug-likeness (QED) is 0.492. The second-order valence-electron chi connectivity index (χ2n) is 7.70. The van der Waals surface area contributed by atoms with Crippen LogP contribution in [0.3, 0.4) is 0 Å². The first-order valence-corrected chi connectivity index (χ1v) is 10.2. The summed E-state index contributed by atoms with van der Waals surface area (Å²) in [4.78, 5) is 2.49. The number of ether oxygens (including phenoxy) is 1. The van der Waals surface area contributed by atoms with Crippen LogP contribution in [0.2, 0.25) is 0 Å². The van der Waals surface area contributed by atoms with Crippen molar-refractivity contribution in [3.05, 3.63) is 101 Å². The van der Waals surface area contributed by atoms with E-state index < -0.39 is 0 Å². The fourth-order valence-electron chi connectivity index (χ4n) is 3.83. The van der Waals surface area contributed by atoms with Crippen LogP contribution < -0.4 is 4.74 Å². The molecule has 0 N–H and O–H groups in total. The Labute approximate surface area is 174 Å². The zero-order valence-corrected chi connectivity index (χ0v) is 17.2. The van der Waals surface area contributed by atoms with Crippen LogP contribution >= 0.6 is 0 Å². The molecule has 2 heteroatoms. The first kappa shape index (κ1) is 19.3. The molecule has 0 radical (unpaired) electrons. The molecular formula is C27H27NO. The van der Waals surface area contributed by atoms with E-state index in [1.807, 2.05) is 19.1 Å². The molecule has 0 aliphatic carbocycles. The van der Waals surface area contributed by atoms with Crippen molar-refractivity contribution in [3.8, 4) is 17.6 Å². The lowest BCUT2D eigenvalue weighted by Gasteiger charge is -2.15. The van der Waals surface area contributed by atoms with Gasteiger partial charge in [0.2, 0.25) is 0 Å². The summed E-state index contributed by atoms with van der Waals surface area (Å²) in [5.41, 5.74) is 6.67. The number of hydrogen-bond acceptors (Lipinski definition) is 2. The standard InChI is InChI=1S/C27H27NO/c1-3-6-21(2)24-13-15-27(16-14-24)29-20-23-11-9-22(10-12-23)17-28-18-25-7-4-5-8-26(25)19-28/h4-5,7-16,21H,17-20H2,1-2H3/t21-/m1/s1. The minimum Gasteiger partial charge on any atom is -0.489 e. The maximum absolute atomic E-state index is 5.96. The average Bonchev–Trinajstić information content (AvgIpc) is 3.16. The summed E-state index contributed by atoms with van der Waals surface area (Å²) >= 11 is 0. The monoisotopic (exact) mass is 381 g/mol. The van der Waals surface area contributed by atoms with Crippen LogP contribution in [0.15, 0.2) is 72.8 Å². The predicted molar refractivity (Wildman–Crippen MR) is 118 cm³/mol. The predicted octanol–water partition coefficient (Wildman–Crippen LogP) is 5.91. The van der Waals surface area contributed by atoms with Crippen molar-refractivity contribution >= 4 is 0 Å². The van der Waals surface area contributed by atoms with E-state index in [2.05, 4.69) is 84.3 Å². The second kappa shape index (κ2) is 8.99. The molecule has 1 atom stereocenters. The normalized spacial score (nSPS) is 14.0. The van der Waals surface area contributed by atoms with Crippen molar-refractivity contribution < 1.29 is 4.74 Å². The van der Waals surface area contributed by atoms with Crippen LogP contribution in [0.1, 0.15) is 47.6 Å². The summed E-state index contributed by atoms with van der Waals surface area (Å²) in [6.45, 7) is 7.65. The molecule has 1 aliphatic rings. The van der Waals surface area contributed by atoms with Crippen molar-refractivity contribution in [2.45, 2.75) is 46.0 Å². The van der Waals surface area contributed by atoms with E-state index in [4.69, 9.17) is 4.74 Å². The third-order valence-electron chi connectivity index (χ3n) is 5.48. The Balaban J connectivity index is 1.29. The molecule has 3 aromatic carbocycles. The van der Waals surface area contributed by atoms with E-state index in [0.717, 1.165) is 25.4 Å². The van der Waals surface area contributed by atoms with E-state index in [1.54, 1.807) is 0 Å². The number of nitrogens with zero attached hydrogens (tertiary/aromatic N) is 1. The Hall–Kier alpha value is -3.02. The molecule has 0 spiro atoms. The Kier molecular flexibility index (Phi) is 5.98. The Morgan fingerprint density at radius 2 is 1.48 bits per heavy atom. The van der Waals surface area contributed by atoms with Gasteiger partial charge in [-0.05, 0) is 53.8 Å². The summed E-state index contributed by atoms with van der Waals surface area (Å²) in [5.74, 6) is 7.30. The van der Waals surface area contributed by atoms with Crippen LogP contribution in [-0.4, -0.2) is 4.90 Å². The lowest BCUT2D eigenvalue weighted by atomic mass is 10.0. The smallest absolute Gasteiger partial charge is 0.119 e. The van der Waals surface area contributed by atoms with E-state index in [-0.39, 0.29) is 5.92 Å². The van der Waals surface area contributed by atoms with Gasteiger partial charge in [0.05, 0.1) is 0 Å². The van der Waals surface area contributed by atoms with E-state index in [9.17, 15) is 0 Å². The summed E-state index contributed by atoms with van der Waals surface area (Å²) in [5, 5.41) is 0. The molecule has 1 heterocycles. The molecule has 0 unspecified atom stereocenters. The molecule has 0 amide bonds. The van der Waals surface area contributed by atoms with Gasteiger partial charge in [0, 0.05) is 25.6 Å². The maximum Gasteiger partial charge on any atom is 0.119 e. The average molecular weight is 382 g/mol. The lowest BCUT2D eigenvalue weighted by molar-refractivity contribution is 0.275. The zero-order valence-electron chi connectivity index (χ0n) is 17.2. The highest BCUT2D eigenvalue weighted by atomic mass is 16.5. The minimum absolute atomic E-state index is 0.255. The highest BCUT2D eigenvalue weighted by Gasteiger charge is 2.17. The molecule has 4 rings (SSSR count). The second-order valence-corrected chi connectivity index (χ2v) is 7.70. The first-order valence-electron chi connectivity index (χ1n) is 10.2. The SMILES string of the molecule is CC#C[C@@H](C)c1ccc(OCc2ccc(CN3Cc4ccccc4C3)cc2)cc1. The summed E-state index contributed by atoms with van der Waals surface area (Å²) < 4.78 is 5.96. The Bertz CT molecular complexity index is 984. The van der Waals surface area contributed by atoms with Crippen LogP contribution in [0.4, 0.5) is 0 Å². The molecule has 3 aromatic rings. The van der Waals surface area contributed by atoms with Crippen LogP contribution in [0.25, 0.3) is 0 Å². The molecule has 0 bridgehead atoms. The third kappa shape index (κ3) is 4.88. The van der Waals surface area contributed by atoms with Crippen molar-refractivity contribution in [2.75, 3.05) is 0 Å². The van der Waals surface area contributed by atoms with Gasteiger partial charge >= 0.3 is 0 Å². The molecule has 1 aliphatic heterocycles. The van der Waals surface area contributed by atoms with Gasteiger partial charge in [-0.15, -0.1) is 5.92 Å². The number of benzene rings is 3. The van der Waals surface area contributed by atoms with Gasteiger partial charge in [-0.1, -0.05) is 66.6 Å². The van der Waals surface area contributed by atoms with Crippen LogP contribution in [0.5, 0.6) is 5.75 Å². The number of fused-ring (bicyclic) bond motifs is 1. The van der Waals surface area contributed by atoms with Crippen LogP contribution in [-0.2, 0) is 26.2 Å². The van der Waals surface area contributed by atoms with Gasteiger partial charge in [0.25, 0.3) is 0 Å². The highest BCUT2D eigenvalue weighted by Crippen LogP contribution is 2.24. The van der Waals surface area contributed by atoms with Gasteiger partial charge in [0.15, 0.2) is 0 Å². The molecular weight excluding hydrogens is 354 g/mol. The van der Waals surface area contributed by atoms with Crippen molar-refractivity contribution in [1.82, 2.24) is 4.90 Å². The number of rotatable bonds is 6. The van der Waals surface area contributed by atoms with Gasteiger partial charge in [0.1, 0.15) is 12.4 Å². The fourth-order valence-corrected chi connectivity index (χ4v) is 3.83. The zero-order chi connectivity index (χ0) is 20.1. The van der Waals surface area contributed by atoms with Crippen molar-refractivity contribution in [3.63, 3.8) is 0 Å². The minimum atomic E-state index is 0.255. The van der Waals surface area contributed by atoms with Gasteiger partial charge in [-0.2, -0.15) is 0 Å². The largest absolute Gasteiger partial charge is 0.489 e. The van der Waals surface area contributed by atoms with E-state index >= 15 is 0 Å². The molecule has 29 heavy (non-hydrogen) atoms. The Morgan fingerprint density at radius 3 is 2.10 bits per heavy atom. The molecule has 0 fully saturated rings. The van der Waals surface area contributed by atoms with Crippen molar-refractivity contribution in [2.24, 2.45) is 0 Å². The fraction of sp³-hybridized carbons (Fsp3) is 0.259. The van der Waals surface area contributed by atoms with Crippen LogP contribution in [0, 0.1) is 11.8 Å². The summed E-state index contributed by atoms with van der Waals surface area (Å²) in [6, 6.07) is 25.8. The molecule has 0 aromatic heterocycles. The van der Waals surface area contributed by atoms with Gasteiger partial charge in [-0.3, -0.25) is 4.90 Å². The summed E-state index contributed by atoms with van der Waals surface area (Å²) in [7, 11) is 0. The van der Waals surface area contributed by atoms with Gasteiger partial charge < -0.3 is 4.74 Å². The lowest BCUT2D eigenvalue weighted by Crippen LogP contribution is -2.15. The molecule has 2 nitrogen and oxygen atoms in total. The highest BCUT2D eigenvalue weighted by molar-refractivity contribution is 5.33. The van der Waals surface area contributed by atoms with Crippen molar-refractivity contribution in [1.29, 1.82) is 0 Å². The Morgan fingerprint density at radius 1 is 0.862 bits per heavy atom. The molecule has 0 saturated carbocycles. The molecule has 146 valence electrons. The number of hydrogen-bond donors (Lipinski definition) is 0. The maximum atomic E-state index is 5.96. The molecule has 0 saturated heterocycles. The summed E-state index contributed by atoms with van der Waals surface area (Å²) in [6.07, 6.45) is 0. The third-order valence-corrected chi connectivity index (χ3v) is 5.48. The topological polar surface area (TPSA) is 12.5 Å². The first-order chi connectivity index (χ1) is 14.2. The van der Waals surface area contributed by atoms with E-state index in [0.29, 0.717) is 6.61 Å². The van der Waals surface area contributed by atoms with E-state index in [1.165, 1.54) is 27.8 Å². The van der Waals surface area contributed by atoms with Gasteiger partial charge in [-0.25, -0.2) is 0 Å².